The van der Waals surface area contributed by atoms with Gasteiger partial charge in [-0.25, -0.2) is 0 Å². The first kappa shape index (κ1) is 19.9. The lowest BCUT2D eigenvalue weighted by Gasteiger charge is -2.14. The maximum absolute atomic E-state index is 11.8. The Balaban J connectivity index is 4.54. The number of hydrogen-bond donors (Lipinski definition) is 1. The molecule has 0 aromatic rings. The van der Waals surface area contributed by atoms with Gasteiger partial charge in [0.1, 0.15) is 16.8 Å². The van der Waals surface area contributed by atoms with Gasteiger partial charge in [0.15, 0.2) is 5.78 Å². The topological polar surface area (TPSA) is 106 Å². The number of ketones is 3. The Morgan fingerprint density at radius 2 is 1.43 bits per heavy atom. The molecule has 0 heterocycles. The van der Waals surface area contributed by atoms with E-state index in [0.717, 1.165) is 0 Å². The number of Topliss-reactive ketones (excluding diaryl/α,β-unsaturated/α-hetero) is 3. The number of rotatable bonds is 10. The maximum atomic E-state index is 11.8. The lowest BCUT2D eigenvalue weighted by molar-refractivity contribution is -0.126. The Kier molecular flexibility index (Phi) is 7.95. The molecule has 0 amide bonds. The van der Waals surface area contributed by atoms with Gasteiger partial charge < -0.3 is 0 Å². The third-order valence-corrected chi connectivity index (χ3v) is 4.41. The van der Waals surface area contributed by atoms with E-state index in [1.165, 1.54) is 13.8 Å². The van der Waals surface area contributed by atoms with E-state index in [9.17, 15) is 22.8 Å². The van der Waals surface area contributed by atoms with Crippen molar-refractivity contribution in [3.05, 3.63) is 0 Å². The summed E-state index contributed by atoms with van der Waals surface area (Å²) in [5.74, 6) is -1.62. The molecule has 0 rings (SSSR count). The van der Waals surface area contributed by atoms with Gasteiger partial charge in [-0.3, -0.25) is 18.9 Å². The second-order valence-corrected chi connectivity index (χ2v) is 7.36. The van der Waals surface area contributed by atoms with E-state index in [1.54, 1.807) is 13.8 Å². The summed E-state index contributed by atoms with van der Waals surface area (Å²) in [6.07, 6.45) is -0.241. The van der Waals surface area contributed by atoms with Crippen molar-refractivity contribution in [3.63, 3.8) is 0 Å². The Bertz CT molecular complexity index is 490. The number of hydrogen-bond acceptors (Lipinski definition) is 5. The SMILES string of the molecule is CC(C)C(=O)CCC(=O)CCC(C(=O)C(C)C)S(=O)(=O)O. The van der Waals surface area contributed by atoms with E-state index in [4.69, 9.17) is 4.55 Å². The standard InChI is InChI=1S/C14H24O6S/c1-9(2)12(16)7-5-11(15)6-8-13(21(18,19)20)14(17)10(3)4/h9-10,13H,5-8H2,1-4H3,(H,18,19,20). The van der Waals surface area contributed by atoms with Gasteiger partial charge in [0, 0.05) is 31.1 Å². The van der Waals surface area contributed by atoms with E-state index in [2.05, 4.69) is 0 Å². The van der Waals surface area contributed by atoms with Crippen molar-refractivity contribution in [2.75, 3.05) is 0 Å². The summed E-state index contributed by atoms with van der Waals surface area (Å²) in [6, 6.07) is 0. The average Bonchev–Trinajstić information content (AvgIpc) is 2.33. The molecule has 0 bridgehead atoms. The van der Waals surface area contributed by atoms with E-state index in [0.29, 0.717) is 0 Å². The first-order chi connectivity index (χ1) is 9.46. The van der Waals surface area contributed by atoms with Crippen LogP contribution in [0.25, 0.3) is 0 Å². The zero-order chi connectivity index (χ0) is 16.8. The number of carbonyl (C=O) groups excluding carboxylic acids is 3. The van der Waals surface area contributed by atoms with Crippen molar-refractivity contribution in [1.82, 2.24) is 0 Å². The summed E-state index contributed by atoms with van der Waals surface area (Å²) >= 11 is 0. The highest BCUT2D eigenvalue weighted by Gasteiger charge is 2.32. The predicted octanol–water partition coefficient (Wildman–Crippen LogP) is 1.82. The summed E-state index contributed by atoms with van der Waals surface area (Å²) in [6.45, 7) is 6.54. The highest BCUT2D eigenvalue weighted by molar-refractivity contribution is 7.87. The molecule has 6 nitrogen and oxygen atoms in total. The van der Waals surface area contributed by atoms with Crippen LogP contribution in [0, 0.1) is 11.8 Å². The molecule has 0 aliphatic heterocycles. The predicted molar refractivity (Wildman–Crippen MR) is 78.5 cm³/mol. The molecular weight excluding hydrogens is 296 g/mol. The van der Waals surface area contributed by atoms with Gasteiger partial charge >= 0.3 is 0 Å². The fourth-order valence-electron chi connectivity index (χ4n) is 1.78. The van der Waals surface area contributed by atoms with Crippen LogP contribution >= 0.6 is 0 Å². The monoisotopic (exact) mass is 320 g/mol. The Morgan fingerprint density at radius 3 is 1.81 bits per heavy atom. The van der Waals surface area contributed by atoms with Crippen molar-refractivity contribution >= 4 is 27.5 Å². The molecule has 21 heavy (non-hydrogen) atoms. The van der Waals surface area contributed by atoms with Crippen LogP contribution in [-0.4, -0.2) is 35.6 Å². The van der Waals surface area contributed by atoms with Crippen LogP contribution in [0.1, 0.15) is 53.4 Å². The molecule has 0 radical (unpaired) electrons. The van der Waals surface area contributed by atoms with Gasteiger partial charge in [0.2, 0.25) is 0 Å². The lowest BCUT2D eigenvalue weighted by atomic mass is 9.98. The lowest BCUT2D eigenvalue weighted by Crippen LogP contribution is -2.33. The number of carbonyl (C=O) groups is 3. The molecule has 0 aliphatic rings. The first-order valence-electron chi connectivity index (χ1n) is 7.01. The van der Waals surface area contributed by atoms with Crippen LogP contribution in [0.5, 0.6) is 0 Å². The summed E-state index contributed by atoms with van der Waals surface area (Å²) in [5.41, 5.74) is 0. The van der Waals surface area contributed by atoms with Gasteiger partial charge in [0.25, 0.3) is 10.1 Å². The van der Waals surface area contributed by atoms with Crippen molar-refractivity contribution in [1.29, 1.82) is 0 Å². The van der Waals surface area contributed by atoms with Gasteiger partial charge in [-0.1, -0.05) is 27.7 Å². The van der Waals surface area contributed by atoms with Crippen molar-refractivity contribution in [2.45, 2.75) is 58.6 Å². The third-order valence-electron chi connectivity index (χ3n) is 3.23. The van der Waals surface area contributed by atoms with E-state index < -0.39 is 27.1 Å². The van der Waals surface area contributed by atoms with Crippen molar-refractivity contribution in [2.24, 2.45) is 11.8 Å². The molecule has 122 valence electrons. The molecule has 7 heteroatoms. The highest BCUT2D eigenvalue weighted by Crippen LogP contribution is 2.15. The minimum absolute atomic E-state index is 0.0328. The molecule has 0 aliphatic carbocycles. The third kappa shape index (κ3) is 7.47. The quantitative estimate of drug-likeness (QED) is 0.615. The molecule has 0 aromatic heterocycles. The van der Waals surface area contributed by atoms with Gasteiger partial charge in [-0.15, -0.1) is 0 Å². The van der Waals surface area contributed by atoms with Crippen LogP contribution in [0.4, 0.5) is 0 Å². The van der Waals surface area contributed by atoms with E-state index >= 15 is 0 Å². The minimum atomic E-state index is -4.52. The Labute approximate surface area is 126 Å². The zero-order valence-electron chi connectivity index (χ0n) is 13.0. The van der Waals surface area contributed by atoms with E-state index in [-0.39, 0.29) is 43.2 Å². The van der Waals surface area contributed by atoms with Crippen LogP contribution in [0.15, 0.2) is 0 Å². The second-order valence-electron chi connectivity index (χ2n) is 5.76. The van der Waals surface area contributed by atoms with Crippen LogP contribution in [0.3, 0.4) is 0 Å². The highest BCUT2D eigenvalue weighted by atomic mass is 32.2. The van der Waals surface area contributed by atoms with Gasteiger partial charge in [0.05, 0.1) is 0 Å². The normalized spacial score (nSPS) is 13.5. The van der Waals surface area contributed by atoms with Crippen LogP contribution in [0.2, 0.25) is 0 Å². The van der Waals surface area contributed by atoms with Crippen molar-refractivity contribution in [3.8, 4) is 0 Å². The maximum Gasteiger partial charge on any atom is 0.275 e. The second kappa shape index (κ2) is 8.38. The molecule has 1 atom stereocenters. The van der Waals surface area contributed by atoms with Gasteiger partial charge in [-0.2, -0.15) is 8.42 Å². The van der Waals surface area contributed by atoms with Gasteiger partial charge in [-0.05, 0) is 6.42 Å². The molecule has 1 N–H and O–H groups in total. The molecule has 0 aromatic carbocycles. The Morgan fingerprint density at radius 1 is 0.905 bits per heavy atom. The van der Waals surface area contributed by atoms with Crippen LogP contribution < -0.4 is 0 Å². The first-order valence-corrected chi connectivity index (χ1v) is 8.51. The molecule has 1 unspecified atom stereocenters. The summed E-state index contributed by atoms with van der Waals surface area (Å²) in [5, 5.41) is -1.57. The smallest absolute Gasteiger partial charge is 0.275 e. The van der Waals surface area contributed by atoms with Crippen molar-refractivity contribution < 1.29 is 27.4 Å². The molecule has 0 saturated carbocycles. The Hall–Kier alpha value is -1.08. The average molecular weight is 320 g/mol. The summed E-state index contributed by atoms with van der Waals surface area (Å²) < 4.78 is 31.5. The zero-order valence-corrected chi connectivity index (χ0v) is 13.8. The fourth-order valence-corrected chi connectivity index (χ4v) is 2.76. The minimum Gasteiger partial charge on any atom is -0.300 e. The molecule has 0 saturated heterocycles. The summed E-state index contributed by atoms with van der Waals surface area (Å²) in [4.78, 5) is 34.8. The fraction of sp³-hybridized carbons (Fsp3) is 0.786. The molecule has 0 spiro atoms. The van der Waals surface area contributed by atoms with E-state index in [1.807, 2.05) is 0 Å². The molecule has 0 fully saturated rings. The largest absolute Gasteiger partial charge is 0.300 e. The van der Waals surface area contributed by atoms with Crippen LogP contribution in [-0.2, 0) is 24.5 Å². The summed E-state index contributed by atoms with van der Waals surface area (Å²) in [7, 11) is -4.52. The molecular formula is C14H24O6S.